The molecule has 0 aliphatic carbocycles. The van der Waals surface area contributed by atoms with Crippen LogP contribution in [0.2, 0.25) is 0 Å². The highest BCUT2D eigenvalue weighted by Crippen LogP contribution is 2.47. The second-order valence-electron chi connectivity index (χ2n) is 8.34. The molecule has 0 aromatic heterocycles. The maximum Gasteiger partial charge on any atom is 0.273 e. The molecule has 7 nitrogen and oxygen atoms in total. The van der Waals surface area contributed by atoms with Crippen LogP contribution < -0.4 is 5.32 Å². The van der Waals surface area contributed by atoms with Gasteiger partial charge in [0.25, 0.3) is 9.70 Å². The molecule has 1 aromatic carbocycles. The number of hydrogen-bond donors (Lipinski definition) is 2. The zero-order chi connectivity index (χ0) is 23.6. The van der Waals surface area contributed by atoms with Crippen molar-refractivity contribution >= 4 is 40.7 Å². The summed E-state index contributed by atoms with van der Waals surface area (Å²) in [6.45, 7) is 7.91. The van der Waals surface area contributed by atoms with Crippen molar-refractivity contribution in [2.75, 3.05) is 13.2 Å². The third-order valence-corrected chi connectivity index (χ3v) is 6.13. The molecule has 0 saturated carbocycles. The van der Waals surface area contributed by atoms with E-state index in [1.54, 1.807) is 13.8 Å². The van der Waals surface area contributed by atoms with Gasteiger partial charge in [0.15, 0.2) is 12.1 Å². The molecule has 3 rings (SSSR count). The van der Waals surface area contributed by atoms with E-state index in [0.717, 1.165) is 5.56 Å². The second-order valence-corrected chi connectivity index (χ2v) is 10.6. The summed E-state index contributed by atoms with van der Waals surface area (Å²) in [5.41, 5.74) is -0.258. The van der Waals surface area contributed by atoms with E-state index < -0.39 is 45.4 Å². The lowest BCUT2D eigenvalue weighted by Gasteiger charge is -2.40. The molecule has 2 aliphatic rings. The van der Waals surface area contributed by atoms with Crippen molar-refractivity contribution in [3.63, 3.8) is 0 Å². The fraction of sp³-hybridized carbons (Fsp3) is 0.591. The van der Waals surface area contributed by atoms with Crippen molar-refractivity contribution in [1.82, 2.24) is 5.32 Å². The Kier molecular flexibility index (Phi) is 8.16. The monoisotopic (exact) mass is 507 g/mol. The average Bonchev–Trinajstić information content (AvgIpc) is 3.19. The summed E-state index contributed by atoms with van der Waals surface area (Å²) in [6, 6.07) is 9.75. The van der Waals surface area contributed by atoms with Crippen LogP contribution in [-0.2, 0) is 30.3 Å². The van der Waals surface area contributed by atoms with E-state index in [0.29, 0.717) is 19.6 Å². The van der Waals surface area contributed by atoms with Gasteiger partial charge in [-0.1, -0.05) is 71.2 Å². The highest BCUT2D eigenvalue weighted by atomic mass is 35.6. The van der Waals surface area contributed by atoms with E-state index in [1.807, 2.05) is 30.3 Å². The summed E-state index contributed by atoms with van der Waals surface area (Å²) >= 11 is 17.4. The number of benzene rings is 1. The maximum atomic E-state index is 12.6. The molecule has 2 N–H and O–H groups in total. The van der Waals surface area contributed by atoms with Crippen LogP contribution in [0.5, 0.6) is 0 Å². The number of nitrogens with one attached hydrogen (secondary N) is 1. The van der Waals surface area contributed by atoms with Crippen LogP contribution in [0, 0.1) is 5.92 Å². The van der Waals surface area contributed by atoms with Crippen molar-refractivity contribution in [2.24, 2.45) is 5.92 Å². The lowest BCUT2D eigenvalue weighted by atomic mass is 9.80. The van der Waals surface area contributed by atoms with Gasteiger partial charge in [-0.05, 0) is 25.8 Å². The number of amides is 1. The summed E-state index contributed by atoms with van der Waals surface area (Å²) in [7, 11) is 0. The molecule has 0 unspecified atom stereocenters. The Labute approximate surface area is 202 Å². The van der Waals surface area contributed by atoms with Gasteiger partial charge < -0.3 is 29.4 Å². The molecule has 0 spiro atoms. The molecule has 2 aliphatic heterocycles. The largest absolute Gasteiger partial charge is 0.396 e. The normalized spacial score (nSPS) is 30.0. The predicted molar refractivity (Wildman–Crippen MR) is 121 cm³/mol. The number of aliphatic hydroxyl groups excluding tert-OH is 1. The van der Waals surface area contributed by atoms with Gasteiger partial charge in [0.05, 0.1) is 12.7 Å². The lowest BCUT2D eigenvalue weighted by Crippen LogP contribution is -2.63. The Morgan fingerprint density at radius 3 is 2.59 bits per heavy atom. The molecule has 1 amide bonds. The van der Waals surface area contributed by atoms with E-state index in [-0.39, 0.29) is 6.61 Å². The zero-order valence-electron chi connectivity index (χ0n) is 17.9. The first-order chi connectivity index (χ1) is 15.0. The fourth-order valence-electron chi connectivity index (χ4n) is 4.10. The topological polar surface area (TPSA) is 86.3 Å². The lowest BCUT2D eigenvalue weighted by molar-refractivity contribution is -0.219. The van der Waals surface area contributed by atoms with E-state index in [2.05, 4.69) is 11.9 Å². The minimum atomic E-state index is -2.21. The van der Waals surface area contributed by atoms with Gasteiger partial charge in [0.1, 0.15) is 11.6 Å². The van der Waals surface area contributed by atoms with Crippen LogP contribution in [0.1, 0.15) is 25.8 Å². The number of aliphatic hydroxyl groups is 1. The highest BCUT2D eigenvalue weighted by molar-refractivity contribution is 6.76. The van der Waals surface area contributed by atoms with Crippen molar-refractivity contribution in [3.8, 4) is 0 Å². The van der Waals surface area contributed by atoms with Crippen molar-refractivity contribution in [2.45, 2.75) is 60.5 Å². The summed E-state index contributed by atoms with van der Waals surface area (Å²) in [6.07, 6.45) is -0.378. The van der Waals surface area contributed by atoms with Gasteiger partial charge in [0.2, 0.25) is 0 Å². The molecular weight excluding hydrogens is 481 g/mol. The van der Waals surface area contributed by atoms with Gasteiger partial charge in [-0.15, -0.1) is 6.58 Å². The second kappa shape index (κ2) is 10.2. The molecule has 2 heterocycles. The van der Waals surface area contributed by atoms with E-state index in [9.17, 15) is 9.90 Å². The predicted octanol–water partition coefficient (Wildman–Crippen LogP) is 3.49. The minimum Gasteiger partial charge on any atom is -0.396 e. The van der Waals surface area contributed by atoms with Gasteiger partial charge in [0, 0.05) is 19.1 Å². The van der Waals surface area contributed by atoms with Crippen LogP contribution in [0.25, 0.3) is 0 Å². The molecule has 0 bridgehead atoms. The first-order valence-electron chi connectivity index (χ1n) is 10.3. The summed E-state index contributed by atoms with van der Waals surface area (Å²) in [5, 5.41) is 12.9. The number of carbonyl (C=O) groups is 1. The minimum absolute atomic E-state index is 0.235. The van der Waals surface area contributed by atoms with E-state index >= 15 is 0 Å². The van der Waals surface area contributed by atoms with Crippen molar-refractivity contribution in [1.29, 1.82) is 0 Å². The number of fused-ring (bicyclic) bond motifs is 1. The maximum absolute atomic E-state index is 12.6. The standard InChI is InChI=1S/C22H28Cl3NO6/c1-4-21(26-19(28)22(23,24)25)16(30-18-17(21)31-20(2,3)32-18)15(12-27)10-11-29-13-14-8-6-5-7-9-14/h4-9,15-18,27H,1,10-13H2,2-3H3,(H,26,28)/t15-,16-,17-,18+,21-/m0/s1. The molecule has 10 heteroatoms. The Balaban J connectivity index is 1.76. The summed E-state index contributed by atoms with van der Waals surface area (Å²) in [4.78, 5) is 12.6. The smallest absolute Gasteiger partial charge is 0.273 e. The fourth-order valence-corrected chi connectivity index (χ4v) is 4.24. The molecular formula is C22H28Cl3NO6. The van der Waals surface area contributed by atoms with Crippen LogP contribution >= 0.6 is 34.8 Å². The molecule has 5 atom stereocenters. The SMILES string of the molecule is C=C[C@]1(NC(=O)C(Cl)(Cl)Cl)[C@H]([C@H](CO)CCOCc2ccccc2)O[C@@H]2OC(C)(C)O[C@@H]21. The van der Waals surface area contributed by atoms with Gasteiger partial charge in [-0.2, -0.15) is 0 Å². The van der Waals surface area contributed by atoms with Gasteiger partial charge in [-0.25, -0.2) is 0 Å². The van der Waals surface area contributed by atoms with Crippen LogP contribution in [0.15, 0.2) is 43.0 Å². The van der Waals surface area contributed by atoms with Gasteiger partial charge in [-0.3, -0.25) is 4.79 Å². The molecule has 178 valence electrons. The molecule has 2 saturated heterocycles. The third-order valence-electron chi connectivity index (χ3n) is 5.61. The molecule has 2 fully saturated rings. The average molecular weight is 509 g/mol. The molecule has 1 aromatic rings. The number of carbonyl (C=O) groups excluding carboxylic acids is 1. The first-order valence-corrected chi connectivity index (χ1v) is 11.4. The Hall–Kier alpha value is -0.900. The van der Waals surface area contributed by atoms with Crippen molar-refractivity contribution in [3.05, 3.63) is 48.6 Å². The van der Waals surface area contributed by atoms with Crippen molar-refractivity contribution < 1.29 is 28.8 Å². The van der Waals surface area contributed by atoms with Gasteiger partial charge >= 0.3 is 0 Å². The number of rotatable bonds is 9. The third kappa shape index (κ3) is 5.59. The Morgan fingerprint density at radius 1 is 1.31 bits per heavy atom. The number of ether oxygens (including phenoxy) is 4. The number of alkyl halides is 3. The Morgan fingerprint density at radius 2 is 2.00 bits per heavy atom. The Bertz CT molecular complexity index is 803. The summed E-state index contributed by atoms with van der Waals surface area (Å²) in [5.74, 6) is -2.26. The quantitative estimate of drug-likeness (QED) is 0.302. The first kappa shape index (κ1) is 25.7. The number of hydrogen-bond acceptors (Lipinski definition) is 6. The summed E-state index contributed by atoms with van der Waals surface area (Å²) < 4.78 is 21.6. The highest BCUT2D eigenvalue weighted by Gasteiger charge is 2.65. The van der Waals surface area contributed by atoms with Crippen LogP contribution in [-0.4, -0.2) is 57.8 Å². The van der Waals surface area contributed by atoms with Crippen LogP contribution in [0.3, 0.4) is 0 Å². The molecule has 0 radical (unpaired) electrons. The van der Waals surface area contributed by atoms with E-state index in [4.69, 9.17) is 53.8 Å². The molecule has 32 heavy (non-hydrogen) atoms. The zero-order valence-corrected chi connectivity index (χ0v) is 20.2. The van der Waals surface area contributed by atoms with E-state index in [1.165, 1.54) is 6.08 Å². The van der Waals surface area contributed by atoms with Crippen LogP contribution in [0.4, 0.5) is 0 Å². The number of halogens is 3.